The highest BCUT2D eigenvalue weighted by Crippen LogP contribution is 2.40. The summed E-state index contributed by atoms with van der Waals surface area (Å²) in [5.41, 5.74) is 9.06. The number of anilines is 1. The number of halogens is 1. The van der Waals surface area contributed by atoms with Crippen LogP contribution >= 0.6 is 0 Å². The van der Waals surface area contributed by atoms with Crippen LogP contribution in [0.25, 0.3) is 0 Å². The highest BCUT2D eigenvalue weighted by atomic mass is 19.1. The summed E-state index contributed by atoms with van der Waals surface area (Å²) in [7, 11) is 1.89. The first kappa shape index (κ1) is 14.1. The van der Waals surface area contributed by atoms with Gasteiger partial charge in [0.1, 0.15) is 5.82 Å². The van der Waals surface area contributed by atoms with Crippen LogP contribution in [0, 0.1) is 5.82 Å². The van der Waals surface area contributed by atoms with E-state index >= 15 is 0 Å². The maximum Gasteiger partial charge on any atom is 0.146 e. The molecule has 1 aliphatic carbocycles. The fourth-order valence-corrected chi connectivity index (χ4v) is 2.83. The summed E-state index contributed by atoms with van der Waals surface area (Å²) in [6.45, 7) is 0.452. The van der Waals surface area contributed by atoms with E-state index in [1.807, 2.05) is 18.0 Å². The summed E-state index contributed by atoms with van der Waals surface area (Å²) in [6, 6.07) is 15.4. The quantitative estimate of drug-likeness (QED) is 0.904. The van der Waals surface area contributed by atoms with Gasteiger partial charge in [0, 0.05) is 13.6 Å². The van der Waals surface area contributed by atoms with Crippen molar-refractivity contribution < 1.29 is 4.39 Å². The number of benzene rings is 2. The number of rotatable bonds is 5. The van der Waals surface area contributed by atoms with E-state index < -0.39 is 0 Å². The van der Waals surface area contributed by atoms with Gasteiger partial charge in [-0.1, -0.05) is 36.4 Å². The third kappa shape index (κ3) is 2.93. The monoisotopic (exact) mass is 284 g/mol. The van der Waals surface area contributed by atoms with Gasteiger partial charge in [0.25, 0.3) is 0 Å². The van der Waals surface area contributed by atoms with Crippen molar-refractivity contribution in [3.8, 4) is 0 Å². The summed E-state index contributed by atoms with van der Waals surface area (Å²) in [5, 5.41) is 0. The Morgan fingerprint density at radius 1 is 1.14 bits per heavy atom. The fraction of sp³-hybridized carbons (Fsp3) is 0.333. The van der Waals surface area contributed by atoms with E-state index in [1.165, 1.54) is 24.5 Å². The van der Waals surface area contributed by atoms with E-state index in [0.717, 1.165) is 11.5 Å². The molecule has 2 nitrogen and oxygen atoms in total. The molecule has 2 aromatic rings. The Hall–Kier alpha value is -1.87. The van der Waals surface area contributed by atoms with Crippen molar-refractivity contribution in [1.29, 1.82) is 0 Å². The number of nitrogens with two attached hydrogens (primary N) is 1. The first-order valence-corrected chi connectivity index (χ1v) is 7.48. The summed E-state index contributed by atoms with van der Waals surface area (Å²) >= 11 is 0. The van der Waals surface area contributed by atoms with E-state index in [2.05, 4.69) is 24.3 Å². The van der Waals surface area contributed by atoms with Crippen molar-refractivity contribution in [3.05, 3.63) is 65.5 Å². The van der Waals surface area contributed by atoms with Crippen LogP contribution in [-0.2, 0) is 0 Å². The first-order valence-electron chi connectivity index (χ1n) is 7.48. The number of nitrogens with zero attached hydrogens (tertiary/aromatic N) is 1. The lowest BCUT2D eigenvalue weighted by Gasteiger charge is -2.30. The number of hydrogen-bond donors (Lipinski definition) is 1. The van der Waals surface area contributed by atoms with Gasteiger partial charge in [-0.2, -0.15) is 0 Å². The van der Waals surface area contributed by atoms with Crippen molar-refractivity contribution >= 4 is 5.69 Å². The molecule has 110 valence electrons. The molecule has 0 aromatic heterocycles. The summed E-state index contributed by atoms with van der Waals surface area (Å²) in [5.74, 6) is 0.535. The predicted molar refractivity (Wildman–Crippen MR) is 85.0 cm³/mol. The van der Waals surface area contributed by atoms with Crippen LogP contribution in [-0.4, -0.2) is 13.6 Å². The molecule has 1 saturated carbocycles. The SMILES string of the molecule is CN(c1ccccc1F)C(CN)c1ccc(C2CC2)cc1. The molecule has 0 radical (unpaired) electrons. The third-order valence-electron chi connectivity index (χ3n) is 4.29. The zero-order valence-electron chi connectivity index (χ0n) is 12.3. The van der Waals surface area contributed by atoms with Crippen LogP contribution in [0.5, 0.6) is 0 Å². The molecule has 3 rings (SSSR count). The second-order valence-electron chi connectivity index (χ2n) is 5.75. The van der Waals surface area contributed by atoms with Crippen LogP contribution in [0.3, 0.4) is 0 Å². The van der Waals surface area contributed by atoms with Crippen molar-refractivity contribution in [3.63, 3.8) is 0 Å². The zero-order chi connectivity index (χ0) is 14.8. The molecule has 0 amide bonds. The van der Waals surface area contributed by atoms with E-state index in [1.54, 1.807) is 12.1 Å². The van der Waals surface area contributed by atoms with Crippen molar-refractivity contribution in [2.75, 3.05) is 18.5 Å². The summed E-state index contributed by atoms with van der Waals surface area (Å²) < 4.78 is 13.9. The molecule has 2 N–H and O–H groups in total. The molecule has 1 atom stereocenters. The van der Waals surface area contributed by atoms with Crippen LogP contribution in [0.15, 0.2) is 48.5 Å². The zero-order valence-corrected chi connectivity index (χ0v) is 12.3. The Morgan fingerprint density at radius 3 is 2.38 bits per heavy atom. The second-order valence-corrected chi connectivity index (χ2v) is 5.75. The molecule has 1 aliphatic rings. The van der Waals surface area contributed by atoms with Gasteiger partial charge in [-0.25, -0.2) is 4.39 Å². The lowest BCUT2D eigenvalue weighted by Crippen LogP contribution is -2.31. The van der Waals surface area contributed by atoms with Gasteiger partial charge in [0.05, 0.1) is 11.7 Å². The molecule has 0 bridgehead atoms. The highest BCUT2D eigenvalue weighted by Gasteiger charge is 2.24. The topological polar surface area (TPSA) is 29.3 Å². The molecule has 2 aromatic carbocycles. The third-order valence-corrected chi connectivity index (χ3v) is 4.29. The maximum atomic E-state index is 13.9. The maximum absolute atomic E-state index is 13.9. The molecule has 0 spiro atoms. The van der Waals surface area contributed by atoms with Crippen LogP contribution < -0.4 is 10.6 Å². The Kier molecular flexibility index (Phi) is 3.93. The first-order chi connectivity index (χ1) is 10.2. The van der Waals surface area contributed by atoms with E-state index in [4.69, 9.17) is 5.73 Å². The van der Waals surface area contributed by atoms with Crippen LogP contribution in [0.2, 0.25) is 0 Å². The van der Waals surface area contributed by atoms with Gasteiger partial charge >= 0.3 is 0 Å². The fourth-order valence-electron chi connectivity index (χ4n) is 2.83. The lowest BCUT2D eigenvalue weighted by molar-refractivity contribution is 0.603. The van der Waals surface area contributed by atoms with Gasteiger partial charge in [0.2, 0.25) is 0 Å². The second kappa shape index (κ2) is 5.86. The van der Waals surface area contributed by atoms with Gasteiger partial charge in [0.15, 0.2) is 0 Å². The number of hydrogen-bond acceptors (Lipinski definition) is 2. The van der Waals surface area contributed by atoms with Crippen molar-refractivity contribution in [1.82, 2.24) is 0 Å². The number of likely N-dealkylation sites (N-methyl/N-ethyl adjacent to an activating group) is 1. The summed E-state index contributed by atoms with van der Waals surface area (Å²) in [6.07, 6.45) is 2.60. The minimum Gasteiger partial charge on any atom is -0.364 e. The molecule has 1 unspecified atom stereocenters. The molecule has 0 aliphatic heterocycles. The molecule has 0 saturated heterocycles. The van der Waals surface area contributed by atoms with Gasteiger partial charge < -0.3 is 10.6 Å². The van der Waals surface area contributed by atoms with E-state index in [0.29, 0.717) is 12.2 Å². The van der Waals surface area contributed by atoms with Crippen molar-refractivity contribution in [2.24, 2.45) is 5.73 Å². The number of para-hydroxylation sites is 1. The Bertz CT molecular complexity index is 605. The van der Waals surface area contributed by atoms with Crippen molar-refractivity contribution in [2.45, 2.75) is 24.8 Å². The molecule has 1 fully saturated rings. The lowest BCUT2D eigenvalue weighted by atomic mass is 10.0. The smallest absolute Gasteiger partial charge is 0.146 e. The van der Waals surface area contributed by atoms with Crippen LogP contribution in [0.1, 0.15) is 35.9 Å². The average molecular weight is 284 g/mol. The Morgan fingerprint density at radius 2 is 1.81 bits per heavy atom. The standard InChI is InChI=1S/C18H21FN2/c1-21(17-5-3-2-4-16(17)19)18(12-20)15-10-8-14(9-11-15)13-6-7-13/h2-5,8-11,13,18H,6-7,12,20H2,1H3. The molecule has 0 heterocycles. The largest absolute Gasteiger partial charge is 0.364 e. The Labute approximate surface area is 125 Å². The summed E-state index contributed by atoms with van der Waals surface area (Å²) in [4.78, 5) is 1.92. The van der Waals surface area contributed by atoms with Gasteiger partial charge in [-0.15, -0.1) is 0 Å². The van der Waals surface area contributed by atoms with Gasteiger partial charge in [-0.3, -0.25) is 0 Å². The predicted octanol–water partition coefficient (Wildman–Crippen LogP) is 3.84. The highest BCUT2D eigenvalue weighted by molar-refractivity contribution is 5.49. The minimum atomic E-state index is -0.215. The molecular formula is C18H21FN2. The molecule has 21 heavy (non-hydrogen) atoms. The van der Waals surface area contributed by atoms with E-state index in [-0.39, 0.29) is 11.9 Å². The minimum absolute atomic E-state index is 0.0184. The molecule has 3 heteroatoms. The Balaban J connectivity index is 1.85. The average Bonchev–Trinajstić information content (AvgIpc) is 3.34. The normalized spacial score (nSPS) is 15.8. The van der Waals surface area contributed by atoms with E-state index in [9.17, 15) is 4.39 Å². The molecular weight excluding hydrogens is 263 g/mol. The van der Waals surface area contributed by atoms with Gasteiger partial charge in [-0.05, 0) is 42.0 Å². The van der Waals surface area contributed by atoms with Crippen LogP contribution in [0.4, 0.5) is 10.1 Å².